The van der Waals surface area contributed by atoms with Gasteiger partial charge in [0.2, 0.25) is 11.6 Å². The van der Waals surface area contributed by atoms with Gasteiger partial charge in [-0.3, -0.25) is 14.6 Å². The summed E-state index contributed by atoms with van der Waals surface area (Å²) in [6, 6.07) is 1.65. The molecule has 0 radical (unpaired) electrons. The van der Waals surface area contributed by atoms with Gasteiger partial charge in [0.1, 0.15) is 10.6 Å². The minimum atomic E-state index is -0.541. The summed E-state index contributed by atoms with van der Waals surface area (Å²) in [6.07, 6.45) is 1.55. The predicted molar refractivity (Wildman–Crippen MR) is 76.2 cm³/mol. The average Bonchev–Trinajstić information content (AvgIpc) is 2.82. The number of esters is 1. The van der Waals surface area contributed by atoms with Crippen LogP contribution < -0.4 is 0 Å². The Balaban J connectivity index is 2.27. The van der Waals surface area contributed by atoms with E-state index in [1.54, 1.807) is 26.1 Å². The Labute approximate surface area is 124 Å². The van der Waals surface area contributed by atoms with E-state index >= 15 is 0 Å². The van der Waals surface area contributed by atoms with Crippen LogP contribution in [0.5, 0.6) is 0 Å². The van der Waals surface area contributed by atoms with Crippen LogP contribution in [0, 0.1) is 13.8 Å². The minimum absolute atomic E-state index is 0.149. The lowest BCUT2D eigenvalue weighted by Crippen LogP contribution is -2.21. The SMILES string of the molecule is COC(=O)c1sc2c(c1C)C(=O)c1ncc(C)cc1C2=O. The molecule has 0 aromatic carbocycles. The van der Waals surface area contributed by atoms with Gasteiger partial charge in [-0.25, -0.2) is 4.79 Å². The number of fused-ring (bicyclic) bond motifs is 2. The van der Waals surface area contributed by atoms with Gasteiger partial charge in [-0.05, 0) is 31.0 Å². The standard InChI is InChI=1S/C15H11NO4S/c1-6-4-8-10(16-5-6)12(18)9-7(2)13(15(19)20-3)21-14(9)11(8)17/h4-5H,1-3H3. The molecule has 0 amide bonds. The normalized spacial score (nSPS) is 12.9. The van der Waals surface area contributed by atoms with Crippen molar-refractivity contribution in [3.63, 3.8) is 0 Å². The van der Waals surface area contributed by atoms with Crippen LogP contribution in [-0.2, 0) is 4.74 Å². The van der Waals surface area contributed by atoms with Crippen LogP contribution in [0.25, 0.3) is 0 Å². The molecule has 0 unspecified atom stereocenters. The highest BCUT2D eigenvalue weighted by atomic mass is 32.1. The van der Waals surface area contributed by atoms with Gasteiger partial charge >= 0.3 is 5.97 Å². The van der Waals surface area contributed by atoms with Gasteiger partial charge in [-0.1, -0.05) is 0 Å². The fourth-order valence-electron chi connectivity index (χ4n) is 2.40. The van der Waals surface area contributed by atoms with Gasteiger partial charge in [-0.15, -0.1) is 11.3 Å². The number of hydrogen-bond acceptors (Lipinski definition) is 6. The molecule has 5 nitrogen and oxygen atoms in total. The van der Waals surface area contributed by atoms with Crippen LogP contribution in [0.1, 0.15) is 52.1 Å². The van der Waals surface area contributed by atoms with Crippen molar-refractivity contribution >= 4 is 28.9 Å². The number of carbonyl (C=O) groups is 3. The third-order valence-corrected chi connectivity index (χ3v) is 4.71. The Morgan fingerprint density at radius 1 is 1.24 bits per heavy atom. The molecule has 2 aromatic heterocycles. The molecule has 2 heterocycles. The monoisotopic (exact) mass is 301 g/mol. The third kappa shape index (κ3) is 1.83. The van der Waals surface area contributed by atoms with Crippen molar-refractivity contribution < 1.29 is 19.1 Å². The molecular formula is C15H11NO4S. The predicted octanol–water partition coefficient (Wildman–Crippen LogP) is 2.32. The highest BCUT2D eigenvalue weighted by Crippen LogP contribution is 2.36. The van der Waals surface area contributed by atoms with Gasteiger partial charge in [0, 0.05) is 6.20 Å². The lowest BCUT2D eigenvalue weighted by molar-refractivity contribution is 0.0605. The molecule has 1 aliphatic rings. The van der Waals surface area contributed by atoms with Gasteiger partial charge in [-0.2, -0.15) is 0 Å². The van der Waals surface area contributed by atoms with Crippen molar-refractivity contribution in [2.24, 2.45) is 0 Å². The van der Waals surface area contributed by atoms with Crippen LogP contribution in [0.4, 0.5) is 0 Å². The molecular weight excluding hydrogens is 290 g/mol. The largest absolute Gasteiger partial charge is 0.465 e. The first-order valence-electron chi connectivity index (χ1n) is 6.23. The van der Waals surface area contributed by atoms with E-state index < -0.39 is 5.97 Å². The maximum atomic E-state index is 12.5. The summed E-state index contributed by atoms with van der Waals surface area (Å²) in [5, 5.41) is 0. The second kappa shape index (κ2) is 4.60. The first kappa shape index (κ1) is 13.6. The summed E-state index contributed by atoms with van der Waals surface area (Å²) in [7, 11) is 1.27. The number of pyridine rings is 1. The lowest BCUT2D eigenvalue weighted by Gasteiger charge is -2.14. The maximum Gasteiger partial charge on any atom is 0.348 e. The average molecular weight is 301 g/mol. The summed E-state index contributed by atoms with van der Waals surface area (Å²) < 4.78 is 4.69. The zero-order chi connectivity index (χ0) is 15.3. The van der Waals surface area contributed by atoms with Crippen LogP contribution >= 0.6 is 11.3 Å². The summed E-state index contributed by atoms with van der Waals surface area (Å²) in [4.78, 5) is 41.5. The van der Waals surface area contributed by atoms with Crippen molar-refractivity contribution in [2.45, 2.75) is 13.8 Å². The minimum Gasteiger partial charge on any atom is -0.465 e. The maximum absolute atomic E-state index is 12.5. The summed E-state index contributed by atoms with van der Waals surface area (Å²) >= 11 is 1.00. The Morgan fingerprint density at radius 2 is 1.95 bits per heavy atom. The van der Waals surface area contributed by atoms with Crippen molar-refractivity contribution in [3.05, 3.63) is 50.0 Å². The molecule has 2 aromatic rings. The van der Waals surface area contributed by atoms with E-state index in [4.69, 9.17) is 4.74 Å². The fourth-order valence-corrected chi connectivity index (χ4v) is 3.57. The second-order valence-electron chi connectivity index (χ2n) is 4.82. The molecule has 0 aliphatic heterocycles. The lowest BCUT2D eigenvalue weighted by atomic mass is 9.90. The third-order valence-electron chi connectivity index (χ3n) is 3.43. The molecule has 1 aliphatic carbocycles. The Morgan fingerprint density at radius 3 is 2.62 bits per heavy atom. The van der Waals surface area contributed by atoms with Crippen molar-refractivity contribution in [1.29, 1.82) is 0 Å². The van der Waals surface area contributed by atoms with Crippen LogP contribution in [0.15, 0.2) is 12.3 Å². The number of methoxy groups -OCH3 is 1. The van der Waals surface area contributed by atoms with E-state index in [0.717, 1.165) is 16.9 Å². The highest BCUT2D eigenvalue weighted by molar-refractivity contribution is 7.16. The topological polar surface area (TPSA) is 73.3 Å². The number of carbonyl (C=O) groups excluding carboxylic acids is 3. The summed E-state index contributed by atoms with van der Waals surface area (Å²) in [5.74, 6) is -1.12. The summed E-state index contributed by atoms with van der Waals surface area (Å²) in [6.45, 7) is 3.45. The Bertz CT molecular complexity index is 819. The first-order chi connectivity index (χ1) is 9.95. The number of aromatic nitrogens is 1. The second-order valence-corrected chi connectivity index (χ2v) is 5.84. The van der Waals surface area contributed by atoms with Crippen LogP contribution in [-0.4, -0.2) is 29.6 Å². The molecule has 0 saturated carbocycles. The van der Waals surface area contributed by atoms with E-state index in [-0.39, 0.29) is 32.6 Å². The van der Waals surface area contributed by atoms with E-state index in [1.807, 2.05) is 0 Å². The van der Waals surface area contributed by atoms with Gasteiger partial charge in [0.05, 0.1) is 23.1 Å². The number of ether oxygens (including phenoxy) is 1. The van der Waals surface area contributed by atoms with Gasteiger partial charge in [0.25, 0.3) is 0 Å². The molecule has 0 atom stereocenters. The van der Waals surface area contributed by atoms with Gasteiger partial charge in [0.15, 0.2) is 0 Å². The number of rotatable bonds is 1. The molecule has 106 valence electrons. The zero-order valence-corrected chi connectivity index (χ0v) is 12.5. The fraction of sp³-hybridized carbons (Fsp3) is 0.200. The van der Waals surface area contributed by atoms with Crippen LogP contribution in [0.3, 0.4) is 0 Å². The highest BCUT2D eigenvalue weighted by Gasteiger charge is 2.36. The molecule has 0 N–H and O–H groups in total. The molecule has 0 bridgehead atoms. The van der Waals surface area contributed by atoms with Gasteiger partial charge < -0.3 is 4.74 Å². The molecule has 0 spiro atoms. The molecule has 0 saturated heterocycles. The number of ketones is 2. The number of thiophene rings is 1. The number of hydrogen-bond donors (Lipinski definition) is 0. The van der Waals surface area contributed by atoms with E-state index in [9.17, 15) is 14.4 Å². The molecule has 3 rings (SSSR count). The Kier molecular flexibility index (Phi) is 2.98. The van der Waals surface area contributed by atoms with Crippen molar-refractivity contribution in [2.75, 3.05) is 7.11 Å². The first-order valence-corrected chi connectivity index (χ1v) is 7.05. The van der Waals surface area contributed by atoms with Crippen molar-refractivity contribution in [3.8, 4) is 0 Å². The number of aryl methyl sites for hydroxylation is 1. The van der Waals surface area contributed by atoms with E-state index in [0.29, 0.717) is 11.1 Å². The molecule has 21 heavy (non-hydrogen) atoms. The van der Waals surface area contributed by atoms with E-state index in [1.165, 1.54) is 7.11 Å². The smallest absolute Gasteiger partial charge is 0.348 e. The summed E-state index contributed by atoms with van der Waals surface area (Å²) in [5.41, 5.74) is 2.00. The quantitative estimate of drug-likeness (QED) is 0.645. The zero-order valence-electron chi connectivity index (χ0n) is 11.6. The molecule has 6 heteroatoms. The molecule has 0 fully saturated rings. The number of nitrogens with zero attached hydrogens (tertiary/aromatic N) is 1. The van der Waals surface area contributed by atoms with Crippen LogP contribution in [0.2, 0.25) is 0 Å². The Hall–Kier alpha value is -2.34. The van der Waals surface area contributed by atoms with E-state index in [2.05, 4.69) is 4.98 Å². The van der Waals surface area contributed by atoms with Crippen molar-refractivity contribution in [1.82, 2.24) is 4.98 Å².